The smallest absolute Gasteiger partial charge is 0.153 e. The molecule has 0 spiro atoms. The zero-order valence-electron chi connectivity index (χ0n) is 9.00. The summed E-state index contributed by atoms with van der Waals surface area (Å²) in [5, 5.41) is 10.9. The Hall–Kier alpha value is -0.900. The molecule has 0 radical (unpaired) electrons. The Morgan fingerprint density at radius 2 is 1.93 bits per heavy atom. The molecule has 0 bridgehead atoms. The molecule has 2 heterocycles. The predicted octanol–water partition coefficient (Wildman–Crippen LogP) is 1.89. The van der Waals surface area contributed by atoms with Gasteiger partial charge in [0.1, 0.15) is 5.82 Å². The van der Waals surface area contributed by atoms with Gasteiger partial charge in [-0.25, -0.2) is 4.98 Å². The van der Waals surface area contributed by atoms with Crippen LogP contribution >= 0.6 is 0 Å². The van der Waals surface area contributed by atoms with Crippen molar-refractivity contribution in [2.75, 3.05) is 6.54 Å². The molecule has 4 nitrogen and oxygen atoms in total. The average Bonchev–Trinajstić information content (AvgIpc) is 3.02. The molecule has 2 aliphatic rings. The van der Waals surface area contributed by atoms with Crippen molar-refractivity contribution >= 4 is 0 Å². The van der Waals surface area contributed by atoms with Crippen LogP contribution in [0.25, 0.3) is 0 Å². The third-order valence-electron chi connectivity index (χ3n) is 3.63. The minimum Gasteiger partial charge on any atom is -0.307 e. The van der Waals surface area contributed by atoms with Crippen LogP contribution < -0.4 is 5.32 Å². The quantitative estimate of drug-likeness (QED) is 0.777. The highest BCUT2D eigenvalue weighted by Gasteiger charge is 2.24. The highest BCUT2D eigenvalue weighted by Crippen LogP contribution is 2.32. The second-order valence-electron chi connectivity index (χ2n) is 4.71. The van der Waals surface area contributed by atoms with Crippen LogP contribution in [-0.4, -0.2) is 21.7 Å². The summed E-state index contributed by atoms with van der Waals surface area (Å²) < 4.78 is 0. The van der Waals surface area contributed by atoms with Gasteiger partial charge in [-0.1, -0.05) is 12.8 Å². The van der Waals surface area contributed by atoms with Gasteiger partial charge in [0.15, 0.2) is 5.82 Å². The topological polar surface area (TPSA) is 53.6 Å². The average molecular weight is 206 g/mol. The van der Waals surface area contributed by atoms with Gasteiger partial charge < -0.3 is 5.32 Å². The van der Waals surface area contributed by atoms with E-state index in [1.165, 1.54) is 38.5 Å². The zero-order valence-corrected chi connectivity index (χ0v) is 9.00. The van der Waals surface area contributed by atoms with Gasteiger partial charge in [0, 0.05) is 5.92 Å². The molecule has 1 aromatic heterocycles. The van der Waals surface area contributed by atoms with Crippen LogP contribution in [0.1, 0.15) is 62.1 Å². The van der Waals surface area contributed by atoms with Crippen molar-refractivity contribution in [1.29, 1.82) is 0 Å². The first-order chi connectivity index (χ1) is 7.43. The summed E-state index contributed by atoms with van der Waals surface area (Å²) in [6, 6.07) is 0.424. The highest BCUT2D eigenvalue weighted by molar-refractivity contribution is 5.04. The second kappa shape index (κ2) is 3.93. The molecule has 1 aliphatic heterocycles. The lowest BCUT2D eigenvalue weighted by Crippen LogP contribution is -2.14. The third kappa shape index (κ3) is 1.78. The number of nitrogens with one attached hydrogen (secondary N) is 2. The van der Waals surface area contributed by atoms with Crippen LogP contribution in [0.4, 0.5) is 0 Å². The molecule has 3 rings (SSSR count). The number of hydrogen-bond donors (Lipinski definition) is 2. The fourth-order valence-electron chi connectivity index (χ4n) is 2.73. The molecule has 0 amide bonds. The van der Waals surface area contributed by atoms with Crippen molar-refractivity contribution in [3.63, 3.8) is 0 Å². The lowest BCUT2D eigenvalue weighted by atomic mass is 10.1. The largest absolute Gasteiger partial charge is 0.307 e. The Morgan fingerprint density at radius 3 is 2.67 bits per heavy atom. The van der Waals surface area contributed by atoms with Gasteiger partial charge >= 0.3 is 0 Å². The van der Waals surface area contributed by atoms with Crippen molar-refractivity contribution < 1.29 is 0 Å². The number of rotatable bonds is 2. The summed E-state index contributed by atoms with van der Waals surface area (Å²) in [6.07, 6.45) is 7.68. The normalized spacial score (nSPS) is 27.6. The number of hydrogen-bond acceptors (Lipinski definition) is 3. The Bertz CT molecular complexity index is 291. The minimum atomic E-state index is 0.424. The summed E-state index contributed by atoms with van der Waals surface area (Å²) in [5.41, 5.74) is 0. The monoisotopic (exact) mass is 206 g/mol. The Kier molecular flexibility index (Phi) is 2.44. The molecule has 4 heteroatoms. The summed E-state index contributed by atoms with van der Waals surface area (Å²) in [4.78, 5) is 4.65. The van der Waals surface area contributed by atoms with Crippen LogP contribution in [0.15, 0.2) is 0 Å². The van der Waals surface area contributed by atoms with E-state index < -0.39 is 0 Å². The Labute approximate surface area is 89.9 Å². The molecule has 2 N–H and O–H groups in total. The Morgan fingerprint density at radius 1 is 1.07 bits per heavy atom. The maximum Gasteiger partial charge on any atom is 0.153 e. The van der Waals surface area contributed by atoms with Gasteiger partial charge in [0.2, 0.25) is 0 Å². The summed E-state index contributed by atoms with van der Waals surface area (Å²) in [5.74, 6) is 2.72. The van der Waals surface area contributed by atoms with Crippen LogP contribution in [0, 0.1) is 0 Å². The van der Waals surface area contributed by atoms with E-state index in [0.29, 0.717) is 12.0 Å². The van der Waals surface area contributed by atoms with Gasteiger partial charge in [-0.05, 0) is 32.2 Å². The second-order valence-corrected chi connectivity index (χ2v) is 4.71. The predicted molar refractivity (Wildman–Crippen MR) is 57.6 cm³/mol. The SMILES string of the molecule is C1CCC(c2n[nH]c([C@H]3CCCN3)n2)C1. The van der Waals surface area contributed by atoms with Crippen LogP contribution in [0.3, 0.4) is 0 Å². The van der Waals surface area contributed by atoms with E-state index >= 15 is 0 Å². The highest BCUT2D eigenvalue weighted by atomic mass is 15.2. The van der Waals surface area contributed by atoms with Gasteiger partial charge in [0.25, 0.3) is 0 Å². The van der Waals surface area contributed by atoms with E-state index in [2.05, 4.69) is 20.5 Å². The first kappa shape index (κ1) is 9.33. The summed E-state index contributed by atoms with van der Waals surface area (Å²) >= 11 is 0. The van der Waals surface area contributed by atoms with Gasteiger partial charge in [-0.3, -0.25) is 5.10 Å². The first-order valence-corrected chi connectivity index (χ1v) is 6.09. The first-order valence-electron chi connectivity index (χ1n) is 6.09. The molecule has 1 saturated heterocycles. The van der Waals surface area contributed by atoms with E-state index in [1.807, 2.05) is 0 Å². The van der Waals surface area contributed by atoms with E-state index in [0.717, 1.165) is 18.2 Å². The number of aromatic amines is 1. The lowest BCUT2D eigenvalue weighted by Gasteiger charge is -2.04. The molecule has 0 aromatic carbocycles. The molecular formula is C11H18N4. The van der Waals surface area contributed by atoms with Crippen molar-refractivity contribution in [1.82, 2.24) is 20.5 Å². The van der Waals surface area contributed by atoms with Crippen molar-refractivity contribution in [3.8, 4) is 0 Å². The van der Waals surface area contributed by atoms with E-state index in [9.17, 15) is 0 Å². The lowest BCUT2D eigenvalue weighted by molar-refractivity contribution is 0.605. The van der Waals surface area contributed by atoms with Crippen LogP contribution in [0.2, 0.25) is 0 Å². The summed E-state index contributed by atoms with van der Waals surface area (Å²) in [6.45, 7) is 1.12. The third-order valence-corrected chi connectivity index (χ3v) is 3.63. The zero-order chi connectivity index (χ0) is 10.1. The molecule has 82 valence electrons. The van der Waals surface area contributed by atoms with E-state index in [4.69, 9.17) is 0 Å². The number of H-pyrrole nitrogens is 1. The van der Waals surface area contributed by atoms with Gasteiger partial charge in [0.05, 0.1) is 6.04 Å². The molecular weight excluding hydrogens is 188 g/mol. The molecule has 1 aliphatic carbocycles. The maximum atomic E-state index is 4.65. The van der Waals surface area contributed by atoms with E-state index in [1.54, 1.807) is 0 Å². The molecule has 1 saturated carbocycles. The molecule has 15 heavy (non-hydrogen) atoms. The minimum absolute atomic E-state index is 0.424. The van der Waals surface area contributed by atoms with Crippen LogP contribution in [-0.2, 0) is 0 Å². The van der Waals surface area contributed by atoms with E-state index in [-0.39, 0.29) is 0 Å². The summed E-state index contributed by atoms with van der Waals surface area (Å²) in [7, 11) is 0. The standard InChI is InChI=1S/C11H18N4/c1-2-5-8(4-1)10-13-11(15-14-10)9-6-3-7-12-9/h8-9,12H,1-7H2,(H,13,14,15)/t9-/m1/s1. The fourth-order valence-corrected chi connectivity index (χ4v) is 2.73. The Balaban J connectivity index is 1.74. The molecule has 1 aromatic rings. The van der Waals surface area contributed by atoms with Gasteiger partial charge in [-0.15, -0.1) is 0 Å². The number of nitrogens with zero attached hydrogens (tertiary/aromatic N) is 2. The van der Waals surface area contributed by atoms with Crippen LogP contribution in [0.5, 0.6) is 0 Å². The number of aromatic nitrogens is 3. The fraction of sp³-hybridized carbons (Fsp3) is 0.818. The van der Waals surface area contributed by atoms with Crippen molar-refractivity contribution in [2.24, 2.45) is 0 Å². The molecule has 1 atom stereocenters. The van der Waals surface area contributed by atoms with Crippen molar-refractivity contribution in [2.45, 2.75) is 50.5 Å². The molecule has 0 unspecified atom stereocenters. The van der Waals surface area contributed by atoms with Crippen molar-refractivity contribution in [3.05, 3.63) is 11.6 Å². The van der Waals surface area contributed by atoms with Gasteiger partial charge in [-0.2, -0.15) is 5.10 Å². The molecule has 2 fully saturated rings. The maximum absolute atomic E-state index is 4.65.